The largest absolute Gasteiger partial charge is 0.302 e. The lowest BCUT2D eigenvalue weighted by Gasteiger charge is -2.00. The highest BCUT2D eigenvalue weighted by atomic mass is 16.1. The van der Waals surface area contributed by atoms with E-state index < -0.39 is 0 Å². The third-order valence-corrected chi connectivity index (χ3v) is 2.26. The lowest BCUT2D eigenvalue weighted by molar-refractivity contribution is 1.10. The molecule has 0 saturated carbocycles. The molecule has 74 valence electrons. The number of H-pyrrole nitrogens is 1. The van der Waals surface area contributed by atoms with Gasteiger partial charge in [-0.15, -0.1) is 10.2 Å². The molecule has 0 saturated heterocycles. The summed E-state index contributed by atoms with van der Waals surface area (Å²) in [7, 11) is 0. The van der Waals surface area contributed by atoms with Gasteiger partial charge < -0.3 is 4.98 Å². The summed E-state index contributed by atoms with van der Waals surface area (Å²) in [6.07, 6.45) is 1.50. The van der Waals surface area contributed by atoms with Crippen molar-refractivity contribution in [1.82, 2.24) is 24.6 Å². The van der Waals surface area contributed by atoms with E-state index in [4.69, 9.17) is 0 Å². The summed E-state index contributed by atoms with van der Waals surface area (Å²) in [6, 6.07) is 3.75. The molecule has 0 bridgehead atoms. The molecular formula is C9H7N5O. The average molecular weight is 201 g/mol. The smallest absolute Gasteiger partial charge is 0.295 e. The Balaban J connectivity index is 2.66. The van der Waals surface area contributed by atoms with E-state index in [9.17, 15) is 4.79 Å². The zero-order valence-corrected chi connectivity index (χ0v) is 7.93. The van der Waals surface area contributed by atoms with Crippen molar-refractivity contribution < 1.29 is 0 Å². The highest BCUT2D eigenvalue weighted by molar-refractivity contribution is 5.73. The fourth-order valence-corrected chi connectivity index (χ4v) is 1.57. The molecule has 0 aliphatic carbocycles. The molecule has 0 amide bonds. The fourth-order valence-electron chi connectivity index (χ4n) is 1.57. The van der Waals surface area contributed by atoms with E-state index in [1.54, 1.807) is 4.40 Å². The molecule has 0 fully saturated rings. The number of hydrogen-bond acceptors (Lipinski definition) is 4. The van der Waals surface area contributed by atoms with E-state index in [1.165, 1.54) is 6.33 Å². The molecule has 6 heteroatoms. The van der Waals surface area contributed by atoms with Gasteiger partial charge in [-0.05, 0) is 19.1 Å². The Morgan fingerprint density at radius 1 is 1.40 bits per heavy atom. The van der Waals surface area contributed by atoms with Gasteiger partial charge in [-0.2, -0.15) is 0 Å². The van der Waals surface area contributed by atoms with E-state index in [1.807, 2.05) is 19.1 Å². The molecule has 6 nitrogen and oxygen atoms in total. The summed E-state index contributed by atoms with van der Waals surface area (Å²) in [5.74, 6) is 0. The Morgan fingerprint density at radius 3 is 3.13 bits per heavy atom. The molecule has 0 aliphatic rings. The van der Waals surface area contributed by atoms with Crippen LogP contribution in [0.5, 0.6) is 0 Å². The van der Waals surface area contributed by atoms with Crippen LogP contribution < -0.4 is 5.56 Å². The number of aryl methyl sites for hydroxylation is 1. The molecule has 0 atom stereocenters. The van der Waals surface area contributed by atoms with Crippen LogP contribution in [0, 0.1) is 6.92 Å². The first-order chi connectivity index (χ1) is 7.25. The first-order valence-electron chi connectivity index (χ1n) is 4.45. The van der Waals surface area contributed by atoms with Crippen molar-refractivity contribution in [3.05, 3.63) is 34.5 Å². The maximum Gasteiger partial charge on any atom is 0.295 e. The zero-order valence-electron chi connectivity index (χ0n) is 7.93. The van der Waals surface area contributed by atoms with E-state index in [-0.39, 0.29) is 11.2 Å². The predicted octanol–water partition coefficient (Wildman–Crippen LogP) is 0.274. The highest BCUT2D eigenvalue weighted by Crippen LogP contribution is 2.08. The summed E-state index contributed by atoms with van der Waals surface area (Å²) in [6.45, 7) is 1.87. The van der Waals surface area contributed by atoms with Crippen molar-refractivity contribution in [3.63, 3.8) is 0 Å². The first kappa shape index (κ1) is 8.10. The summed E-state index contributed by atoms with van der Waals surface area (Å²) < 4.78 is 1.63. The standard InChI is InChI=1S/C9H7N5O/c1-5-2-3-6-7(11-5)12-9(15)8-13-10-4-14(6)8/h2-4H,1H3,(H,11,12,15). The van der Waals surface area contributed by atoms with Crippen LogP contribution in [0.2, 0.25) is 0 Å². The molecule has 0 aromatic carbocycles. The Labute approximate surface area is 83.6 Å². The number of hydrogen-bond donors (Lipinski definition) is 1. The Kier molecular flexibility index (Phi) is 1.42. The van der Waals surface area contributed by atoms with E-state index in [0.29, 0.717) is 5.65 Å². The molecule has 3 rings (SSSR count). The van der Waals surface area contributed by atoms with Gasteiger partial charge in [0.25, 0.3) is 5.56 Å². The minimum atomic E-state index is -0.280. The zero-order chi connectivity index (χ0) is 10.4. The Bertz CT molecular complexity index is 711. The number of nitrogens with one attached hydrogen (secondary N) is 1. The third-order valence-electron chi connectivity index (χ3n) is 2.26. The normalized spacial score (nSPS) is 11.3. The number of aromatic nitrogens is 5. The lowest BCUT2D eigenvalue weighted by Crippen LogP contribution is -2.11. The maximum atomic E-state index is 11.5. The van der Waals surface area contributed by atoms with E-state index >= 15 is 0 Å². The van der Waals surface area contributed by atoms with Crippen LogP contribution >= 0.6 is 0 Å². The van der Waals surface area contributed by atoms with Crippen LogP contribution in [0.4, 0.5) is 0 Å². The summed E-state index contributed by atoms with van der Waals surface area (Å²) in [5.41, 5.74) is 2.20. The molecule has 0 spiro atoms. The second-order valence-corrected chi connectivity index (χ2v) is 3.30. The average Bonchev–Trinajstić information content (AvgIpc) is 2.66. The van der Waals surface area contributed by atoms with Crippen molar-refractivity contribution in [1.29, 1.82) is 0 Å². The van der Waals surface area contributed by atoms with Crippen molar-refractivity contribution in [2.24, 2.45) is 0 Å². The van der Waals surface area contributed by atoms with Crippen molar-refractivity contribution >= 4 is 16.8 Å². The fraction of sp³-hybridized carbons (Fsp3) is 0.111. The highest BCUT2D eigenvalue weighted by Gasteiger charge is 2.06. The van der Waals surface area contributed by atoms with Crippen molar-refractivity contribution in [2.45, 2.75) is 6.92 Å². The van der Waals surface area contributed by atoms with Gasteiger partial charge in [0.05, 0.1) is 5.52 Å². The SMILES string of the molecule is Cc1ccc2c(n1)[nH]c(=O)c1nncn12. The summed E-state index contributed by atoms with van der Waals surface area (Å²) in [5, 5.41) is 7.43. The van der Waals surface area contributed by atoms with Gasteiger partial charge in [0, 0.05) is 5.69 Å². The number of nitrogens with zero attached hydrogens (tertiary/aromatic N) is 4. The molecular weight excluding hydrogens is 194 g/mol. The maximum absolute atomic E-state index is 11.5. The second-order valence-electron chi connectivity index (χ2n) is 3.30. The topological polar surface area (TPSA) is 75.9 Å². The molecule has 0 radical (unpaired) electrons. The summed E-state index contributed by atoms with van der Waals surface area (Å²) in [4.78, 5) is 18.5. The lowest BCUT2D eigenvalue weighted by atomic mass is 10.3. The van der Waals surface area contributed by atoms with Gasteiger partial charge in [-0.25, -0.2) is 4.98 Å². The van der Waals surface area contributed by atoms with Gasteiger partial charge in [-0.1, -0.05) is 0 Å². The number of pyridine rings is 1. The van der Waals surface area contributed by atoms with Gasteiger partial charge in [-0.3, -0.25) is 9.20 Å². The summed E-state index contributed by atoms with van der Waals surface area (Å²) >= 11 is 0. The van der Waals surface area contributed by atoms with Crippen LogP contribution in [0.3, 0.4) is 0 Å². The van der Waals surface area contributed by atoms with E-state index in [2.05, 4.69) is 20.2 Å². The monoisotopic (exact) mass is 201 g/mol. The number of aromatic amines is 1. The molecule has 3 aromatic heterocycles. The molecule has 1 N–H and O–H groups in total. The van der Waals surface area contributed by atoms with Crippen LogP contribution in [-0.4, -0.2) is 24.6 Å². The Hall–Kier alpha value is -2.24. The van der Waals surface area contributed by atoms with Crippen LogP contribution in [0.25, 0.3) is 16.8 Å². The Morgan fingerprint density at radius 2 is 2.27 bits per heavy atom. The minimum Gasteiger partial charge on any atom is -0.302 e. The molecule has 0 unspecified atom stereocenters. The van der Waals surface area contributed by atoms with Crippen LogP contribution in [0.15, 0.2) is 23.3 Å². The molecule has 3 heterocycles. The molecule has 3 aromatic rings. The molecule has 0 aliphatic heterocycles. The third kappa shape index (κ3) is 1.04. The molecule has 15 heavy (non-hydrogen) atoms. The van der Waals surface area contributed by atoms with Crippen LogP contribution in [0.1, 0.15) is 5.69 Å². The van der Waals surface area contributed by atoms with Gasteiger partial charge in [0.15, 0.2) is 5.65 Å². The minimum absolute atomic E-state index is 0.280. The van der Waals surface area contributed by atoms with Crippen molar-refractivity contribution in [3.8, 4) is 0 Å². The van der Waals surface area contributed by atoms with Crippen LogP contribution in [-0.2, 0) is 0 Å². The quantitative estimate of drug-likeness (QED) is 0.566. The second kappa shape index (κ2) is 2.63. The number of rotatable bonds is 0. The van der Waals surface area contributed by atoms with Gasteiger partial charge >= 0.3 is 0 Å². The van der Waals surface area contributed by atoms with Gasteiger partial charge in [0.2, 0.25) is 5.65 Å². The first-order valence-corrected chi connectivity index (χ1v) is 4.45. The van der Waals surface area contributed by atoms with Gasteiger partial charge in [0.1, 0.15) is 6.33 Å². The van der Waals surface area contributed by atoms with E-state index in [0.717, 1.165) is 11.2 Å². The predicted molar refractivity (Wildman–Crippen MR) is 53.6 cm³/mol. The number of fused-ring (bicyclic) bond motifs is 3. The van der Waals surface area contributed by atoms with Crippen molar-refractivity contribution in [2.75, 3.05) is 0 Å².